The number of benzene rings is 2. The molecule has 1 aliphatic rings. The van der Waals surface area contributed by atoms with Crippen LogP contribution < -0.4 is 25.3 Å². The van der Waals surface area contributed by atoms with Crippen molar-refractivity contribution in [3.8, 4) is 28.5 Å². The number of nitrogens with two attached hydrogens (primary N) is 1. The van der Waals surface area contributed by atoms with Crippen molar-refractivity contribution in [3.05, 3.63) is 71.2 Å². The van der Waals surface area contributed by atoms with Crippen LogP contribution in [0.2, 0.25) is 0 Å². The summed E-state index contributed by atoms with van der Waals surface area (Å²) in [6, 6.07) is 10.6. The number of nitrogens with one attached hydrogen (secondary N) is 1. The van der Waals surface area contributed by atoms with Gasteiger partial charge in [-0.1, -0.05) is 0 Å². The molecular weight excluding hydrogens is 519 g/mol. The third kappa shape index (κ3) is 5.46. The monoisotopic (exact) mass is 545 g/mol. The zero-order valence-corrected chi connectivity index (χ0v) is 21.3. The number of primary amides is 1. The van der Waals surface area contributed by atoms with E-state index >= 15 is 0 Å². The molecule has 0 bridgehead atoms. The summed E-state index contributed by atoms with van der Waals surface area (Å²) in [4.78, 5) is 29.7. The largest absolute Gasteiger partial charge is 0.493 e. The van der Waals surface area contributed by atoms with E-state index in [0.29, 0.717) is 11.1 Å². The molecule has 0 saturated heterocycles. The number of aromatic nitrogens is 1. The Labute approximate surface area is 221 Å². The van der Waals surface area contributed by atoms with E-state index in [1.54, 1.807) is 6.92 Å². The molecule has 2 aromatic carbocycles. The number of carbonyl (C=O) groups excluding carboxylic acids is 2. The highest BCUT2D eigenvalue weighted by Crippen LogP contribution is 2.45. The SMILES string of the molecule is COc1cc(C(=O)NC[C@](C)(O)c2cc3c(c(-c4ccc(F)cc4)n2)OC[C@]3(C)C(N)=O)ccc1OC(F)F. The van der Waals surface area contributed by atoms with Crippen LogP contribution in [0.25, 0.3) is 11.3 Å². The van der Waals surface area contributed by atoms with Gasteiger partial charge in [-0.2, -0.15) is 8.78 Å². The fourth-order valence-corrected chi connectivity index (χ4v) is 4.11. The van der Waals surface area contributed by atoms with Gasteiger partial charge >= 0.3 is 6.61 Å². The molecule has 4 rings (SSSR count). The van der Waals surface area contributed by atoms with E-state index in [1.165, 1.54) is 62.6 Å². The lowest BCUT2D eigenvalue weighted by Gasteiger charge is -2.26. The predicted molar refractivity (Wildman–Crippen MR) is 133 cm³/mol. The topological polar surface area (TPSA) is 133 Å². The van der Waals surface area contributed by atoms with E-state index in [-0.39, 0.29) is 47.4 Å². The van der Waals surface area contributed by atoms with Crippen molar-refractivity contribution in [3.63, 3.8) is 0 Å². The molecule has 1 aromatic heterocycles. The number of hydrogen-bond acceptors (Lipinski definition) is 7. The zero-order valence-electron chi connectivity index (χ0n) is 21.3. The summed E-state index contributed by atoms with van der Waals surface area (Å²) in [6.45, 7) is -0.441. The summed E-state index contributed by atoms with van der Waals surface area (Å²) in [6.07, 6.45) is 0. The van der Waals surface area contributed by atoms with Crippen LogP contribution in [0.5, 0.6) is 17.2 Å². The molecule has 0 aliphatic carbocycles. The lowest BCUT2D eigenvalue weighted by Crippen LogP contribution is -2.41. The Bertz CT molecular complexity index is 1410. The molecule has 0 spiro atoms. The maximum atomic E-state index is 13.6. The molecule has 206 valence electrons. The summed E-state index contributed by atoms with van der Waals surface area (Å²) in [5.74, 6) is -1.79. The van der Waals surface area contributed by atoms with Gasteiger partial charge in [0.25, 0.3) is 5.91 Å². The fraction of sp³-hybridized carbons (Fsp3) is 0.296. The second-order valence-electron chi connectivity index (χ2n) is 9.43. The number of ether oxygens (including phenoxy) is 3. The van der Waals surface area contributed by atoms with Crippen LogP contribution in [0.1, 0.15) is 35.5 Å². The molecule has 0 unspecified atom stereocenters. The minimum absolute atomic E-state index is 0.0526. The van der Waals surface area contributed by atoms with Crippen molar-refractivity contribution in [1.29, 1.82) is 0 Å². The molecule has 4 N–H and O–H groups in total. The number of rotatable bonds is 9. The van der Waals surface area contributed by atoms with Gasteiger partial charge in [-0.15, -0.1) is 0 Å². The van der Waals surface area contributed by atoms with Crippen LogP contribution in [-0.4, -0.2) is 48.8 Å². The number of methoxy groups -OCH3 is 1. The smallest absolute Gasteiger partial charge is 0.387 e. The third-order valence-corrected chi connectivity index (χ3v) is 6.52. The fourth-order valence-electron chi connectivity index (χ4n) is 4.11. The van der Waals surface area contributed by atoms with Crippen molar-refractivity contribution >= 4 is 11.8 Å². The first-order valence-corrected chi connectivity index (χ1v) is 11.7. The molecule has 12 heteroatoms. The van der Waals surface area contributed by atoms with Crippen molar-refractivity contribution in [2.75, 3.05) is 20.3 Å². The number of amides is 2. The van der Waals surface area contributed by atoms with Gasteiger partial charge in [0.1, 0.15) is 34.9 Å². The average Bonchev–Trinajstić information content (AvgIpc) is 3.25. The van der Waals surface area contributed by atoms with Crippen LogP contribution in [0.15, 0.2) is 48.5 Å². The van der Waals surface area contributed by atoms with Crippen LogP contribution in [0.3, 0.4) is 0 Å². The lowest BCUT2D eigenvalue weighted by molar-refractivity contribution is -0.123. The Morgan fingerprint density at radius 2 is 1.90 bits per heavy atom. The number of pyridine rings is 1. The Morgan fingerprint density at radius 3 is 2.51 bits per heavy atom. The summed E-state index contributed by atoms with van der Waals surface area (Å²) in [5.41, 5.74) is 3.97. The highest BCUT2D eigenvalue weighted by molar-refractivity contribution is 5.95. The van der Waals surface area contributed by atoms with E-state index in [0.717, 1.165) is 0 Å². The summed E-state index contributed by atoms with van der Waals surface area (Å²) in [7, 11) is 1.24. The lowest BCUT2D eigenvalue weighted by atomic mass is 9.82. The molecule has 9 nitrogen and oxygen atoms in total. The van der Waals surface area contributed by atoms with Gasteiger partial charge in [0.05, 0.1) is 19.3 Å². The molecule has 2 amide bonds. The standard InChI is InChI=1S/C27H26F3N3O6/c1-26(24(31)35)13-38-22-17(26)11-20(33-21(22)14-4-7-16(28)8-5-14)27(2,36)12-32-23(34)15-6-9-18(39-25(29)30)19(10-15)37-3/h4-11,25,36H,12-13H2,1-3H3,(H2,31,35)(H,32,34)/t26-,27-/m0/s1. The van der Waals surface area contributed by atoms with Gasteiger partial charge in [-0.25, -0.2) is 9.37 Å². The van der Waals surface area contributed by atoms with E-state index in [2.05, 4.69) is 15.0 Å². The number of nitrogens with zero attached hydrogens (tertiary/aromatic N) is 1. The van der Waals surface area contributed by atoms with Crippen LogP contribution in [0.4, 0.5) is 13.2 Å². The number of halogens is 3. The van der Waals surface area contributed by atoms with Crippen LogP contribution in [0, 0.1) is 5.82 Å². The summed E-state index contributed by atoms with van der Waals surface area (Å²) < 4.78 is 54.0. The van der Waals surface area contributed by atoms with E-state index < -0.39 is 35.3 Å². The number of hydrogen-bond donors (Lipinski definition) is 3. The Hall–Kier alpha value is -4.32. The Balaban J connectivity index is 1.65. The second-order valence-corrected chi connectivity index (χ2v) is 9.43. The van der Waals surface area contributed by atoms with E-state index in [1.807, 2.05) is 0 Å². The molecule has 1 aliphatic heterocycles. The molecule has 39 heavy (non-hydrogen) atoms. The molecule has 0 fully saturated rings. The van der Waals surface area contributed by atoms with E-state index in [4.69, 9.17) is 15.2 Å². The first kappa shape index (κ1) is 27.7. The van der Waals surface area contributed by atoms with Gasteiger partial charge in [-0.3, -0.25) is 9.59 Å². The van der Waals surface area contributed by atoms with Crippen LogP contribution in [-0.2, 0) is 15.8 Å². The molecule has 2 heterocycles. The minimum atomic E-state index is -3.07. The molecule has 2 atom stereocenters. The van der Waals surface area contributed by atoms with Crippen molar-refractivity contribution in [2.45, 2.75) is 31.5 Å². The highest BCUT2D eigenvalue weighted by atomic mass is 19.3. The van der Waals surface area contributed by atoms with Crippen molar-refractivity contribution < 1.29 is 42.1 Å². The maximum absolute atomic E-state index is 13.6. The number of carbonyl (C=O) groups is 2. The first-order valence-electron chi connectivity index (χ1n) is 11.7. The van der Waals surface area contributed by atoms with Gasteiger partial charge in [-0.05, 0) is 62.4 Å². The predicted octanol–water partition coefficient (Wildman–Crippen LogP) is 3.27. The Morgan fingerprint density at radius 1 is 1.21 bits per heavy atom. The number of fused-ring (bicyclic) bond motifs is 1. The summed E-state index contributed by atoms with van der Waals surface area (Å²) in [5, 5.41) is 13.9. The highest BCUT2D eigenvalue weighted by Gasteiger charge is 2.45. The van der Waals surface area contributed by atoms with Gasteiger partial charge < -0.3 is 30.4 Å². The van der Waals surface area contributed by atoms with E-state index in [9.17, 15) is 27.9 Å². The van der Waals surface area contributed by atoms with Crippen LogP contribution >= 0.6 is 0 Å². The summed E-state index contributed by atoms with van der Waals surface area (Å²) >= 11 is 0. The maximum Gasteiger partial charge on any atom is 0.387 e. The molecule has 3 aromatic rings. The quantitative estimate of drug-likeness (QED) is 0.376. The second kappa shape index (κ2) is 10.4. The van der Waals surface area contributed by atoms with Gasteiger partial charge in [0.15, 0.2) is 11.5 Å². The third-order valence-electron chi connectivity index (χ3n) is 6.52. The first-order chi connectivity index (χ1) is 18.4. The normalized spacial score (nSPS) is 17.6. The Kier molecular flexibility index (Phi) is 7.42. The minimum Gasteiger partial charge on any atom is -0.493 e. The molecule has 0 radical (unpaired) electrons. The van der Waals surface area contributed by atoms with Crippen molar-refractivity contribution in [1.82, 2.24) is 10.3 Å². The zero-order chi connectivity index (χ0) is 28.5. The molecule has 0 saturated carbocycles. The number of aliphatic hydroxyl groups is 1. The average molecular weight is 546 g/mol. The van der Waals surface area contributed by atoms with Crippen molar-refractivity contribution in [2.24, 2.45) is 5.73 Å². The van der Waals surface area contributed by atoms with Gasteiger partial charge in [0.2, 0.25) is 5.91 Å². The molecular formula is C27H26F3N3O6. The van der Waals surface area contributed by atoms with Gasteiger partial charge in [0, 0.05) is 16.7 Å². The number of alkyl halides is 2.